The van der Waals surface area contributed by atoms with Gasteiger partial charge in [0.15, 0.2) is 13.3 Å². The monoisotopic (exact) mass is 237 g/mol. The van der Waals surface area contributed by atoms with E-state index in [1.165, 1.54) is 5.56 Å². The van der Waals surface area contributed by atoms with Gasteiger partial charge in [-0.15, -0.1) is 0 Å². The first-order valence-corrected chi connectivity index (χ1v) is 5.70. The zero-order valence-corrected chi connectivity index (χ0v) is 9.89. The van der Waals surface area contributed by atoms with Crippen LogP contribution in [-0.4, -0.2) is 30.3 Å². The van der Waals surface area contributed by atoms with Gasteiger partial charge in [-0.1, -0.05) is 30.3 Å². The number of nitrogens with zero attached hydrogens (tertiary/aromatic N) is 1. The molecule has 5 nitrogen and oxygen atoms in total. The van der Waals surface area contributed by atoms with Gasteiger partial charge in [0.1, 0.15) is 13.2 Å². The van der Waals surface area contributed by atoms with Gasteiger partial charge in [0, 0.05) is 17.4 Å². The van der Waals surface area contributed by atoms with Crippen LogP contribution in [0.25, 0.3) is 0 Å². The molecule has 0 aromatic heterocycles. The van der Waals surface area contributed by atoms with Gasteiger partial charge in [-0.25, -0.2) is 0 Å². The van der Waals surface area contributed by atoms with Crippen molar-refractivity contribution < 1.29 is 14.6 Å². The Labute approximate surface area is 100 Å². The minimum atomic E-state index is -0.956. The van der Waals surface area contributed by atoms with Gasteiger partial charge in [-0.3, -0.25) is 10.1 Å². The number of nitrogens with one attached hydrogen (secondary N) is 1. The molecule has 2 atom stereocenters. The average Bonchev–Trinajstić information content (AvgIpc) is 2.30. The molecule has 0 aliphatic carbocycles. The molecular weight excluding hydrogens is 220 g/mol. The Kier molecular flexibility index (Phi) is 3.40. The van der Waals surface area contributed by atoms with Crippen molar-refractivity contribution in [2.24, 2.45) is 0 Å². The molecule has 0 amide bonds. The van der Waals surface area contributed by atoms with Crippen LogP contribution in [-0.2, 0) is 11.3 Å². The fraction of sp³-hybridized carbons (Fsp3) is 0.500. The van der Waals surface area contributed by atoms with E-state index in [1.807, 2.05) is 30.3 Å². The Balaban J connectivity index is 2.01. The number of nitro groups is 1. The van der Waals surface area contributed by atoms with E-state index in [9.17, 15) is 10.1 Å². The zero-order valence-electron chi connectivity index (χ0n) is 9.89. The summed E-state index contributed by atoms with van der Waals surface area (Å²) in [5.41, 5.74) is 0.223. The SMILES string of the molecule is C[C@]1([N+](=O)[O-])COC[NH+](Cc2ccccc2)C1. The van der Waals surface area contributed by atoms with Crippen LogP contribution < -0.4 is 4.90 Å². The quantitative estimate of drug-likeness (QED) is 0.599. The second-order valence-corrected chi connectivity index (χ2v) is 4.84. The van der Waals surface area contributed by atoms with Crippen molar-refractivity contribution in [2.45, 2.75) is 19.0 Å². The minimum absolute atomic E-state index is 0.207. The van der Waals surface area contributed by atoms with Crippen LogP contribution in [0, 0.1) is 10.1 Å². The average molecular weight is 237 g/mol. The summed E-state index contributed by atoms with van der Waals surface area (Å²) in [6.07, 6.45) is 0. The van der Waals surface area contributed by atoms with Gasteiger partial charge < -0.3 is 9.64 Å². The predicted molar refractivity (Wildman–Crippen MR) is 62.2 cm³/mol. The zero-order chi connectivity index (χ0) is 12.3. The maximum Gasteiger partial charge on any atom is 0.290 e. The number of quaternary nitrogens is 1. The topological polar surface area (TPSA) is 56.8 Å². The molecule has 17 heavy (non-hydrogen) atoms. The van der Waals surface area contributed by atoms with E-state index in [1.54, 1.807) is 6.92 Å². The van der Waals surface area contributed by atoms with Crippen LogP contribution in [0.5, 0.6) is 0 Å². The van der Waals surface area contributed by atoms with Gasteiger partial charge in [0.25, 0.3) is 5.54 Å². The first kappa shape index (κ1) is 12.0. The van der Waals surface area contributed by atoms with Crippen molar-refractivity contribution in [3.05, 3.63) is 46.0 Å². The van der Waals surface area contributed by atoms with E-state index in [-0.39, 0.29) is 11.5 Å². The summed E-state index contributed by atoms with van der Waals surface area (Å²) in [6, 6.07) is 9.99. The molecule has 92 valence electrons. The van der Waals surface area contributed by atoms with E-state index in [0.717, 1.165) is 11.4 Å². The molecule has 1 saturated heterocycles. The van der Waals surface area contributed by atoms with Crippen LogP contribution in [0.3, 0.4) is 0 Å². The molecular formula is C12H17N2O3+. The highest BCUT2D eigenvalue weighted by Crippen LogP contribution is 2.09. The fourth-order valence-corrected chi connectivity index (χ4v) is 2.17. The molecule has 5 heteroatoms. The number of benzene rings is 1. The van der Waals surface area contributed by atoms with Crippen molar-refractivity contribution in [3.63, 3.8) is 0 Å². The van der Waals surface area contributed by atoms with Crippen molar-refractivity contribution >= 4 is 0 Å². The molecule has 0 spiro atoms. The van der Waals surface area contributed by atoms with Crippen molar-refractivity contribution in [1.29, 1.82) is 0 Å². The van der Waals surface area contributed by atoms with Crippen LogP contribution >= 0.6 is 0 Å². The van der Waals surface area contributed by atoms with E-state index in [4.69, 9.17) is 4.74 Å². The van der Waals surface area contributed by atoms with Crippen LogP contribution in [0.15, 0.2) is 30.3 Å². The third-order valence-corrected chi connectivity index (χ3v) is 3.09. The van der Waals surface area contributed by atoms with Gasteiger partial charge in [-0.2, -0.15) is 0 Å². The molecule has 1 aromatic carbocycles. The van der Waals surface area contributed by atoms with E-state index in [0.29, 0.717) is 13.3 Å². The third kappa shape index (κ3) is 2.81. The lowest BCUT2D eigenvalue weighted by molar-refractivity contribution is -0.959. The van der Waals surface area contributed by atoms with Crippen LogP contribution in [0.4, 0.5) is 0 Å². The molecule has 2 rings (SSSR count). The summed E-state index contributed by atoms with van der Waals surface area (Å²) in [7, 11) is 0. The molecule has 1 heterocycles. The second-order valence-electron chi connectivity index (χ2n) is 4.84. The summed E-state index contributed by atoms with van der Waals surface area (Å²) in [5.74, 6) is 0. The normalized spacial score (nSPS) is 28.9. The summed E-state index contributed by atoms with van der Waals surface area (Å²) < 4.78 is 5.35. The van der Waals surface area contributed by atoms with E-state index < -0.39 is 5.54 Å². The van der Waals surface area contributed by atoms with Gasteiger partial charge >= 0.3 is 0 Å². The molecule has 1 N–H and O–H groups in total. The highest BCUT2D eigenvalue weighted by Gasteiger charge is 2.45. The van der Waals surface area contributed by atoms with Crippen LogP contribution in [0.1, 0.15) is 12.5 Å². The molecule has 1 aliphatic rings. The maximum absolute atomic E-state index is 11.0. The number of ether oxygens (including phenoxy) is 1. The Morgan fingerprint density at radius 1 is 1.47 bits per heavy atom. The van der Waals surface area contributed by atoms with Gasteiger partial charge in [0.05, 0.1) is 0 Å². The summed E-state index contributed by atoms with van der Waals surface area (Å²) in [5, 5.41) is 11.0. The van der Waals surface area contributed by atoms with E-state index >= 15 is 0 Å². The standard InChI is InChI=1S/C12H16N2O3/c1-12(14(15)16)8-13(10-17-9-12)7-11-5-3-2-4-6-11/h2-6H,7-10H2,1H3/p+1/t12-/m1/s1. The smallest absolute Gasteiger partial charge is 0.290 e. The fourth-order valence-electron chi connectivity index (χ4n) is 2.17. The Bertz CT molecular complexity index is 396. The lowest BCUT2D eigenvalue weighted by Crippen LogP contribution is -3.14. The molecule has 1 unspecified atom stereocenters. The van der Waals surface area contributed by atoms with Gasteiger partial charge in [-0.05, 0) is 0 Å². The van der Waals surface area contributed by atoms with Crippen molar-refractivity contribution in [2.75, 3.05) is 19.9 Å². The number of hydrogen-bond donors (Lipinski definition) is 1. The second kappa shape index (κ2) is 4.81. The Morgan fingerprint density at radius 2 is 2.18 bits per heavy atom. The summed E-state index contributed by atoms with van der Waals surface area (Å²) in [6.45, 7) is 3.67. The van der Waals surface area contributed by atoms with Crippen molar-refractivity contribution in [1.82, 2.24) is 0 Å². The predicted octanol–water partition coefficient (Wildman–Crippen LogP) is 0.0946. The molecule has 0 radical (unpaired) electrons. The first-order chi connectivity index (χ1) is 8.10. The molecule has 0 bridgehead atoms. The number of rotatable bonds is 3. The van der Waals surface area contributed by atoms with Crippen molar-refractivity contribution in [3.8, 4) is 0 Å². The summed E-state index contributed by atoms with van der Waals surface area (Å²) in [4.78, 5) is 11.9. The Morgan fingerprint density at radius 3 is 2.82 bits per heavy atom. The third-order valence-electron chi connectivity index (χ3n) is 3.09. The maximum atomic E-state index is 11.0. The molecule has 1 fully saturated rings. The summed E-state index contributed by atoms with van der Waals surface area (Å²) >= 11 is 0. The lowest BCUT2D eigenvalue weighted by atomic mass is 10.0. The molecule has 1 aromatic rings. The lowest BCUT2D eigenvalue weighted by Gasteiger charge is -2.31. The largest absolute Gasteiger partial charge is 0.324 e. The first-order valence-electron chi connectivity index (χ1n) is 5.70. The van der Waals surface area contributed by atoms with Crippen LogP contribution in [0.2, 0.25) is 0 Å². The number of hydrogen-bond acceptors (Lipinski definition) is 3. The van der Waals surface area contributed by atoms with E-state index in [2.05, 4.69) is 0 Å². The van der Waals surface area contributed by atoms with Gasteiger partial charge in [0.2, 0.25) is 0 Å². The highest BCUT2D eigenvalue weighted by atomic mass is 16.6. The minimum Gasteiger partial charge on any atom is -0.324 e. The highest BCUT2D eigenvalue weighted by molar-refractivity contribution is 5.13. The molecule has 1 aliphatic heterocycles. The molecule has 0 saturated carbocycles. The Hall–Kier alpha value is -1.46.